The summed E-state index contributed by atoms with van der Waals surface area (Å²) >= 11 is 0. The number of nitrogens with one attached hydrogen (secondary N) is 4. The highest BCUT2D eigenvalue weighted by Gasteiger charge is 2.10. The van der Waals surface area contributed by atoms with Crippen LogP contribution in [0.15, 0.2) is 77.2 Å². The van der Waals surface area contributed by atoms with Gasteiger partial charge in [-0.3, -0.25) is 10.8 Å². The predicted molar refractivity (Wildman–Crippen MR) is 173 cm³/mol. The van der Waals surface area contributed by atoms with Gasteiger partial charge < -0.3 is 24.5 Å². The number of fused-ring (bicyclic) bond motifs is 1. The van der Waals surface area contributed by atoms with E-state index in [2.05, 4.69) is 10.6 Å². The van der Waals surface area contributed by atoms with Crippen LogP contribution in [0.3, 0.4) is 0 Å². The van der Waals surface area contributed by atoms with Gasteiger partial charge in [0.2, 0.25) is 0 Å². The van der Waals surface area contributed by atoms with Crippen LogP contribution in [-0.2, 0) is 0 Å². The van der Waals surface area contributed by atoms with E-state index in [-0.39, 0.29) is 36.9 Å². The molecule has 1 aromatic heterocycles. The van der Waals surface area contributed by atoms with Gasteiger partial charge in [-0.25, -0.2) is 0 Å². The Hall–Kier alpha value is -3.68. The van der Waals surface area contributed by atoms with Crippen molar-refractivity contribution in [2.75, 3.05) is 13.2 Å². The molecule has 0 spiro atoms. The molecule has 0 fully saturated rings. The molecule has 4 rings (SSSR count). The molecule has 4 aromatic rings. The lowest BCUT2D eigenvalue weighted by atomic mass is 10.1. The van der Waals surface area contributed by atoms with Crippen molar-refractivity contribution in [3.8, 4) is 22.8 Å². The summed E-state index contributed by atoms with van der Waals surface area (Å²) < 4.78 is 17.9. The lowest BCUT2D eigenvalue weighted by Crippen LogP contribution is -2.30. The minimum absolute atomic E-state index is 0. The van der Waals surface area contributed by atoms with E-state index in [1.807, 2.05) is 100 Å². The van der Waals surface area contributed by atoms with Crippen molar-refractivity contribution in [3.63, 3.8) is 0 Å². The highest BCUT2D eigenvalue weighted by atomic mass is 35.5. The van der Waals surface area contributed by atoms with E-state index in [4.69, 9.17) is 24.7 Å². The summed E-state index contributed by atoms with van der Waals surface area (Å²) in [7, 11) is 0. The number of furan rings is 1. The van der Waals surface area contributed by atoms with Gasteiger partial charge in [0.05, 0.1) is 13.2 Å². The van der Waals surface area contributed by atoms with Crippen molar-refractivity contribution in [2.45, 2.75) is 52.6 Å². The lowest BCUT2D eigenvalue weighted by molar-refractivity contribution is 0.266. The summed E-state index contributed by atoms with van der Waals surface area (Å²) in [5.74, 6) is 3.19. The molecule has 41 heavy (non-hydrogen) atoms. The fraction of sp³-hybridized carbons (Fsp3) is 0.312. The fourth-order valence-electron chi connectivity index (χ4n) is 4.13. The van der Waals surface area contributed by atoms with Gasteiger partial charge in [-0.2, -0.15) is 0 Å². The molecule has 4 N–H and O–H groups in total. The maximum absolute atomic E-state index is 8.25. The van der Waals surface area contributed by atoms with Crippen LogP contribution in [0.1, 0.15) is 51.7 Å². The molecule has 0 amide bonds. The number of amidine groups is 2. The van der Waals surface area contributed by atoms with Gasteiger partial charge in [0.1, 0.15) is 34.5 Å². The van der Waals surface area contributed by atoms with Crippen LogP contribution in [0.2, 0.25) is 0 Å². The first-order chi connectivity index (χ1) is 18.8. The Morgan fingerprint density at radius 2 is 1.29 bits per heavy atom. The van der Waals surface area contributed by atoms with Crippen molar-refractivity contribution in [1.82, 2.24) is 10.6 Å². The van der Waals surface area contributed by atoms with Gasteiger partial charge >= 0.3 is 0 Å². The van der Waals surface area contributed by atoms with Crippen LogP contribution in [0.25, 0.3) is 22.3 Å². The summed E-state index contributed by atoms with van der Waals surface area (Å²) in [4.78, 5) is 0. The van der Waals surface area contributed by atoms with E-state index < -0.39 is 0 Å². The molecular weight excluding hydrogens is 559 g/mol. The van der Waals surface area contributed by atoms with E-state index in [9.17, 15) is 0 Å². The topological polar surface area (TPSA) is 103 Å². The molecular formula is C32H40Cl2N4O3. The molecule has 0 aliphatic rings. The third-order valence-corrected chi connectivity index (χ3v) is 6.01. The Balaban J connectivity index is 0.00000294. The van der Waals surface area contributed by atoms with Gasteiger partial charge in [0, 0.05) is 34.2 Å². The molecule has 0 aliphatic heterocycles. The monoisotopic (exact) mass is 598 g/mol. The van der Waals surface area contributed by atoms with Crippen LogP contribution in [0.4, 0.5) is 0 Å². The number of benzene rings is 3. The van der Waals surface area contributed by atoms with Crippen molar-refractivity contribution in [2.24, 2.45) is 0 Å². The highest BCUT2D eigenvalue weighted by molar-refractivity contribution is 6.00. The Labute approximate surface area is 254 Å². The number of unbranched alkanes of at least 4 members (excludes halogenated alkanes) is 1. The highest BCUT2D eigenvalue weighted by Crippen LogP contribution is 2.30. The number of ether oxygens (including phenoxy) is 2. The van der Waals surface area contributed by atoms with E-state index >= 15 is 0 Å². The van der Waals surface area contributed by atoms with Gasteiger partial charge in [-0.05, 0) is 101 Å². The molecule has 0 unspecified atom stereocenters. The SMILES string of the molecule is CC(C)NC(=N)c1ccc(OCCCCOc2cccc(-c3cc4cc(C(=N)NC(C)C)ccc4o3)c2)cc1.Cl.Cl. The molecule has 220 valence electrons. The van der Waals surface area contributed by atoms with Gasteiger partial charge in [-0.1, -0.05) is 12.1 Å². The molecule has 7 nitrogen and oxygen atoms in total. The Kier molecular flexibility index (Phi) is 13.0. The van der Waals surface area contributed by atoms with Crippen LogP contribution < -0.4 is 20.1 Å². The average Bonchev–Trinajstić information content (AvgIpc) is 3.34. The smallest absolute Gasteiger partial charge is 0.135 e. The molecule has 0 atom stereocenters. The van der Waals surface area contributed by atoms with E-state index in [1.165, 1.54) is 0 Å². The van der Waals surface area contributed by atoms with E-state index in [0.717, 1.165) is 57.8 Å². The van der Waals surface area contributed by atoms with E-state index in [0.29, 0.717) is 24.9 Å². The number of hydrogen-bond acceptors (Lipinski definition) is 5. The summed E-state index contributed by atoms with van der Waals surface area (Å²) in [5.41, 5.74) is 3.42. The summed E-state index contributed by atoms with van der Waals surface area (Å²) in [6, 6.07) is 23.8. The molecule has 0 aliphatic carbocycles. The molecule has 1 heterocycles. The summed E-state index contributed by atoms with van der Waals surface area (Å²) in [6.07, 6.45) is 1.74. The van der Waals surface area contributed by atoms with Gasteiger partial charge in [0.15, 0.2) is 0 Å². The van der Waals surface area contributed by atoms with Crippen LogP contribution in [0, 0.1) is 10.8 Å². The molecule has 0 radical (unpaired) electrons. The Morgan fingerprint density at radius 3 is 1.93 bits per heavy atom. The molecule has 0 saturated carbocycles. The van der Waals surface area contributed by atoms with Crippen molar-refractivity contribution < 1.29 is 13.9 Å². The second-order valence-corrected chi connectivity index (χ2v) is 10.2. The van der Waals surface area contributed by atoms with Gasteiger partial charge in [-0.15, -0.1) is 24.8 Å². The van der Waals surface area contributed by atoms with Crippen LogP contribution in [0.5, 0.6) is 11.5 Å². The first-order valence-corrected chi connectivity index (χ1v) is 13.5. The van der Waals surface area contributed by atoms with Crippen molar-refractivity contribution in [1.29, 1.82) is 10.8 Å². The largest absolute Gasteiger partial charge is 0.494 e. The standard InChI is InChI=1S/C32H38N4O3.2ClH/c1-21(2)35-31(33)23-10-13-27(14-11-23)37-16-5-6-17-38-28-9-7-8-24(19-28)30-20-26-18-25(12-15-29(26)39-30)32(34)36-22(3)4;;/h7-15,18-22H,5-6,16-17H2,1-4H3,(H2,33,35)(H2,34,36);2*1H. The second-order valence-electron chi connectivity index (χ2n) is 10.2. The van der Waals surface area contributed by atoms with Crippen LogP contribution >= 0.6 is 24.8 Å². The zero-order chi connectivity index (χ0) is 27.8. The number of halogens is 2. The zero-order valence-corrected chi connectivity index (χ0v) is 25.6. The number of rotatable bonds is 12. The zero-order valence-electron chi connectivity index (χ0n) is 24.0. The minimum Gasteiger partial charge on any atom is -0.494 e. The third-order valence-electron chi connectivity index (χ3n) is 6.01. The van der Waals surface area contributed by atoms with Crippen molar-refractivity contribution >= 4 is 47.5 Å². The second kappa shape index (κ2) is 15.9. The molecule has 0 saturated heterocycles. The van der Waals surface area contributed by atoms with E-state index in [1.54, 1.807) is 0 Å². The lowest BCUT2D eigenvalue weighted by Gasteiger charge is -2.12. The first-order valence-electron chi connectivity index (χ1n) is 13.5. The summed E-state index contributed by atoms with van der Waals surface area (Å²) in [5, 5.41) is 23.5. The van der Waals surface area contributed by atoms with Gasteiger partial charge in [0.25, 0.3) is 0 Å². The Morgan fingerprint density at radius 1 is 0.707 bits per heavy atom. The fourth-order valence-corrected chi connectivity index (χ4v) is 4.13. The maximum Gasteiger partial charge on any atom is 0.135 e. The molecule has 0 bridgehead atoms. The Bertz CT molecular complexity index is 1420. The number of hydrogen-bond donors (Lipinski definition) is 4. The molecule has 9 heteroatoms. The summed E-state index contributed by atoms with van der Waals surface area (Å²) in [6.45, 7) is 9.28. The maximum atomic E-state index is 8.25. The van der Waals surface area contributed by atoms with Crippen LogP contribution in [-0.4, -0.2) is 37.0 Å². The predicted octanol–water partition coefficient (Wildman–Crippen LogP) is 7.83. The first kappa shape index (κ1) is 33.5. The average molecular weight is 600 g/mol. The third kappa shape index (κ3) is 9.73. The normalized spacial score (nSPS) is 10.6. The van der Waals surface area contributed by atoms with Crippen molar-refractivity contribution in [3.05, 3.63) is 83.9 Å². The quantitative estimate of drug-likeness (QED) is 0.0755. The minimum atomic E-state index is 0. The molecule has 3 aromatic carbocycles.